The maximum Gasteiger partial charge on any atom is 0.306 e. The van der Waals surface area contributed by atoms with Crippen LogP contribution in [0.1, 0.15) is 64.5 Å². The summed E-state index contributed by atoms with van der Waals surface area (Å²) in [5, 5.41) is 30.0. The van der Waals surface area contributed by atoms with E-state index in [1.165, 1.54) is 12.3 Å². The van der Waals surface area contributed by atoms with Crippen LogP contribution in [0.4, 0.5) is 4.39 Å². The highest BCUT2D eigenvalue weighted by Gasteiger charge is 2.30. The van der Waals surface area contributed by atoms with Crippen molar-refractivity contribution in [3.05, 3.63) is 29.8 Å². The number of nitrogens with one attached hydrogen (secondary N) is 1. The molecule has 2 rings (SSSR count). The first-order valence-corrected chi connectivity index (χ1v) is 9.46. The topological polar surface area (TPSA) is 120 Å². The van der Waals surface area contributed by atoms with E-state index in [0.29, 0.717) is 18.0 Å². The number of aliphatic hydroxyl groups is 1. The summed E-state index contributed by atoms with van der Waals surface area (Å²) in [6, 6.07) is 1.29. The smallest absolute Gasteiger partial charge is 0.306 e. The van der Waals surface area contributed by atoms with Gasteiger partial charge in [-0.25, -0.2) is 4.39 Å². The average Bonchev–Trinajstić information content (AvgIpc) is 2.59. The predicted molar refractivity (Wildman–Crippen MR) is 102 cm³/mol. The number of carboxylic acids is 2. The maximum absolute atomic E-state index is 13.2. The number of aliphatic carboxylic acids is 2. The molecule has 28 heavy (non-hydrogen) atoms. The van der Waals surface area contributed by atoms with Crippen molar-refractivity contribution in [1.82, 2.24) is 10.3 Å². The van der Waals surface area contributed by atoms with Crippen LogP contribution in [0.2, 0.25) is 0 Å². The number of aromatic nitrogens is 1. The van der Waals surface area contributed by atoms with Gasteiger partial charge in [-0.3, -0.25) is 14.6 Å². The second kappa shape index (κ2) is 11.1. The highest BCUT2D eigenvalue weighted by atomic mass is 19.1. The summed E-state index contributed by atoms with van der Waals surface area (Å²) in [5.41, 5.74) is 0.280. The van der Waals surface area contributed by atoms with E-state index in [4.69, 9.17) is 15.0 Å². The molecule has 7 nitrogen and oxygen atoms in total. The van der Waals surface area contributed by atoms with E-state index in [1.54, 1.807) is 0 Å². The van der Waals surface area contributed by atoms with Gasteiger partial charge in [0.05, 0.1) is 18.2 Å². The van der Waals surface area contributed by atoms with Crippen molar-refractivity contribution < 1.29 is 29.3 Å². The van der Waals surface area contributed by atoms with E-state index in [0.717, 1.165) is 45.2 Å². The quantitative estimate of drug-likeness (QED) is 0.557. The summed E-state index contributed by atoms with van der Waals surface area (Å²) in [6.07, 6.45) is 6.04. The third-order valence-electron chi connectivity index (χ3n) is 4.88. The Morgan fingerprint density at radius 2 is 1.82 bits per heavy atom. The van der Waals surface area contributed by atoms with Crippen LogP contribution in [0, 0.1) is 17.7 Å². The van der Waals surface area contributed by atoms with Crippen LogP contribution in [0.15, 0.2) is 18.5 Å². The summed E-state index contributed by atoms with van der Waals surface area (Å²) < 4.78 is 13.2. The number of rotatable bonds is 7. The Morgan fingerprint density at radius 3 is 2.32 bits per heavy atom. The van der Waals surface area contributed by atoms with E-state index in [1.807, 2.05) is 0 Å². The zero-order valence-electron chi connectivity index (χ0n) is 16.7. The Labute approximate surface area is 165 Å². The van der Waals surface area contributed by atoms with Crippen molar-refractivity contribution in [2.75, 3.05) is 6.54 Å². The zero-order valence-corrected chi connectivity index (χ0v) is 16.7. The molecule has 0 aromatic carbocycles. The molecule has 1 aliphatic carbocycles. The number of hydrogen-bond donors (Lipinski definition) is 4. The molecule has 0 unspecified atom stereocenters. The van der Waals surface area contributed by atoms with E-state index in [9.17, 15) is 14.3 Å². The molecule has 0 saturated heterocycles. The molecule has 1 saturated carbocycles. The van der Waals surface area contributed by atoms with Crippen LogP contribution in [-0.4, -0.2) is 44.3 Å². The number of nitrogens with zero attached hydrogens (tertiary/aromatic N) is 1. The first kappa shape index (κ1) is 24.0. The van der Waals surface area contributed by atoms with E-state index in [2.05, 4.69) is 24.1 Å². The summed E-state index contributed by atoms with van der Waals surface area (Å²) in [6.45, 7) is 5.56. The van der Waals surface area contributed by atoms with Crippen molar-refractivity contribution in [3.63, 3.8) is 0 Å². The Hall–Kier alpha value is -2.06. The molecule has 0 aliphatic heterocycles. The van der Waals surface area contributed by atoms with E-state index in [-0.39, 0.29) is 11.5 Å². The molecule has 0 amide bonds. The number of hydrogen-bond acceptors (Lipinski definition) is 5. The molecular formula is C20H31FN2O5. The van der Waals surface area contributed by atoms with Gasteiger partial charge in [-0.05, 0) is 57.9 Å². The number of carboxylic acid groups (broad SMARTS) is 2. The van der Waals surface area contributed by atoms with Gasteiger partial charge in [0.2, 0.25) is 0 Å². The predicted octanol–water partition coefficient (Wildman–Crippen LogP) is 2.99. The van der Waals surface area contributed by atoms with Gasteiger partial charge in [0.15, 0.2) is 0 Å². The van der Waals surface area contributed by atoms with Gasteiger partial charge in [-0.2, -0.15) is 0 Å². The maximum atomic E-state index is 13.2. The van der Waals surface area contributed by atoms with Crippen molar-refractivity contribution in [1.29, 1.82) is 0 Å². The molecule has 1 aliphatic rings. The summed E-state index contributed by atoms with van der Waals surface area (Å²) >= 11 is 0. The first-order valence-electron chi connectivity index (χ1n) is 9.46. The van der Waals surface area contributed by atoms with Crippen molar-refractivity contribution >= 4 is 11.9 Å². The first-order chi connectivity index (χ1) is 13.0. The number of aliphatic hydroxyl groups excluding tert-OH is 1. The van der Waals surface area contributed by atoms with Gasteiger partial charge < -0.3 is 20.6 Å². The minimum Gasteiger partial charge on any atom is -0.481 e. The standard InChI is InChI=1S/C18H27FN2O3.C2H4O2/c1-18(2,8-12-3-5-13(6-4-12)17(23)24)21-11-16(22)14-7-15(19)10-20-9-14;1-2(3)4/h7,9-10,12-13,16,21-22H,3-6,8,11H2,1-2H3,(H,23,24);1H3,(H,3,4)/t12?,13?,16-;/m0./s1. The highest BCUT2D eigenvalue weighted by Crippen LogP contribution is 2.34. The molecule has 0 radical (unpaired) electrons. The van der Waals surface area contributed by atoms with Gasteiger partial charge in [0.1, 0.15) is 5.82 Å². The van der Waals surface area contributed by atoms with Crippen LogP contribution >= 0.6 is 0 Å². The number of carbonyl (C=O) groups is 2. The van der Waals surface area contributed by atoms with Gasteiger partial charge in [0, 0.05) is 30.8 Å². The summed E-state index contributed by atoms with van der Waals surface area (Å²) in [5.74, 6) is -1.67. The molecule has 1 atom stereocenters. The third-order valence-corrected chi connectivity index (χ3v) is 4.88. The lowest BCUT2D eigenvalue weighted by Crippen LogP contribution is -2.43. The molecule has 1 aromatic rings. The summed E-state index contributed by atoms with van der Waals surface area (Å²) in [7, 11) is 0. The molecule has 8 heteroatoms. The average molecular weight is 398 g/mol. The third kappa shape index (κ3) is 9.23. The van der Waals surface area contributed by atoms with Gasteiger partial charge >= 0.3 is 5.97 Å². The van der Waals surface area contributed by atoms with Crippen LogP contribution < -0.4 is 5.32 Å². The second-order valence-corrected chi connectivity index (χ2v) is 8.00. The molecule has 1 fully saturated rings. The van der Waals surface area contributed by atoms with Crippen molar-refractivity contribution in [3.8, 4) is 0 Å². The molecule has 1 heterocycles. The van der Waals surface area contributed by atoms with Gasteiger partial charge in [-0.15, -0.1) is 0 Å². The molecule has 0 bridgehead atoms. The monoisotopic (exact) mass is 398 g/mol. The van der Waals surface area contributed by atoms with Gasteiger partial charge in [-0.1, -0.05) is 0 Å². The number of halogens is 1. The normalized spacial score (nSPS) is 20.6. The van der Waals surface area contributed by atoms with Crippen molar-refractivity contribution in [2.24, 2.45) is 11.8 Å². The second-order valence-electron chi connectivity index (χ2n) is 8.00. The van der Waals surface area contributed by atoms with E-state index >= 15 is 0 Å². The van der Waals surface area contributed by atoms with Crippen molar-refractivity contribution in [2.45, 2.75) is 64.5 Å². The van der Waals surface area contributed by atoms with Crippen LogP contribution in [0.25, 0.3) is 0 Å². The molecule has 0 spiro atoms. The Balaban J connectivity index is 0.000000892. The number of β-amino-alcohol motifs (C(OH)–C–C–N with tert-alkyl or cyclic N) is 1. The minimum atomic E-state index is -0.833. The molecule has 158 valence electrons. The SMILES string of the molecule is CC(=O)O.CC(C)(CC1CCC(C(=O)O)CC1)NC[C@H](O)c1cncc(F)c1. The molecular weight excluding hydrogens is 367 g/mol. The number of pyridine rings is 1. The summed E-state index contributed by atoms with van der Waals surface area (Å²) in [4.78, 5) is 23.8. The zero-order chi connectivity index (χ0) is 21.3. The minimum absolute atomic E-state index is 0.178. The lowest BCUT2D eigenvalue weighted by atomic mass is 9.76. The molecule has 1 aromatic heterocycles. The van der Waals surface area contributed by atoms with E-state index < -0.39 is 23.9 Å². The highest BCUT2D eigenvalue weighted by molar-refractivity contribution is 5.70. The Morgan fingerprint density at radius 1 is 1.25 bits per heavy atom. The lowest BCUT2D eigenvalue weighted by molar-refractivity contribution is -0.143. The fourth-order valence-electron chi connectivity index (χ4n) is 3.51. The van der Waals surface area contributed by atoms with Crippen LogP contribution in [0.5, 0.6) is 0 Å². The fourth-order valence-corrected chi connectivity index (χ4v) is 3.51. The Bertz CT molecular complexity index is 641. The van der Waals surface area contributed by atoms with Crippen LogP contribution in [0.3, 0.4) is 0 Å². The fraction of sp³-hybridized carbons (Fsp3) is 0.650. The largest absolute Gasteiger partial charge is 0.481 e. The van der Waals surface area contributed by atoms with Gasteiger partial charge in [0.25, 0.3) is 5.97 Å². The lowest BCUT2D eigenvalue weighted by Gasteiger charge is -2.34. The molecule has 4 N–H and O–H groups in total. The Kier molecular flexibility index (Phi) is 9.48. The van der Waals surface area contributed by atoms with Crippen LogP contribution in [-0.2, 0) is 9.59 Å².